The first-order valence-electron chi connectivity index (χ1n) is 6.71. The molecule has 0 saturated carbocycles. The molecule has 0 heterocycles. The van der Waals surface area contributed by atoms with E-state index in [0.29, 0.717) is 5.56 Å². The van der Waals surface area contributed by atoms with E-state index in [2.05, 4.69) is 9.46 Å². The van der Waals surface area contributed by atoms with Gasteiger partial charge in [-0.2, -0.15) is 8.78 Å². The molecule has 130 valence electrons. The lowest BCUT2D eigenvalue weighted by Gasteiger charge is -2.16. The second-order valence-electron chi connectivity index (χ2n) is 4.87. The largest absolute Gasteiger partial charge is 0.435 e. The smallest absolute Gasteiger partial charge is 0.387 e. The number of nitrogens with one attached hydrogen (secondary N) is 1. The van der Waals surface area contributed by atoms with Crippen LogP contribution in [0.2, 0.25) is 5.02 Å². The van der Waals surface area contributed by atoms with Gasteiger partial charge in [-0.1, -0.05) is 23.7 Å². The van der Waals surface area contributed by atoms with Crippen LogP contribution in [0.1, 0.15) is 18.5 Å². The Hall–Kier alpha value is -1.77. The normalized spacial score (nSPS) is 13.1. The number of ether oxygens (including phenoxy) is 1. The van der Waals surface area contributed by atoms with Gasteiger partial charge in [0, 0.05) is 6.04 Å². The third-order valence-corrected chi connectivity index (χ3v) is 4.94. The van der Waals surface area contributed by atoms with Crippen LogP contribution in [0.15, 0.2) is 47.4 Å². The number of hydrogen-bond acceptors (Lipinski definition) is 3. The maximum absolute atomic E-state index is 13.1. The van der Waals surface area contributed by atoms with Crippen molar-refractivity contribution >= 4 is 21.6 Å². The molecular formula is C15H13ClF3NO3S. The summed E-state index contributed by atoms with van der Waals surface area (Å²) in [6.07, 6.45) is 0. The van der Waals surface area contributed by atoms with Crippen LogP contribution in [-0.2, 0) is 10.0 Å². The third kappa shape index (κ3) is 4.62. The Bertz CT molecular complexity index is 830. The average molecular weight is 380 g/mol. The van der Waals surface area contributed by atoms with Crippen molar-refractivity contribution < 1.29 is 26.3 Å². The lowest BCUT2D eigenvalue weighted by atomic mass is 10.1. The van der Waals surface area contributed by atoms with Crippen LogP contribution in [0.5, 0.6) is 5.75 Å². The lowest BCUT2D eigenvalue weighted by molar-refractivity contribution is -0.0499. The first-order valence-corrected chi connectivity index (χ1v) is 8.57. The van der Waals surface area contributed by atoms with Crippen LogP contribution in [0.25, 0.3) is 0 Å². The molecule has 4 nitrogen and oxygen atoms in total. The number of hydrogen-bond donors (Lipinski definition) is 1. The number of benzene rings is 2. The van der Waals surface area contributed by atoms with Crippen molar-refractivity contribution in [1.29, 1.82) is 0 Å². The molecule has 0 aliphatic carbocycles. The van der Waals surface area contributed by atoms with Crippen molar-refractivity contribution in [1.82, 2.24) is 4.72 Å². The van der Waals surface area contributed by atoms with E-state index in [0.717, 1.165) is 18.2 Å². The zero-order valence-corrected chi connectivity index (χ0v) is 13.9. The lowest BCUT2D eigenvalue weighted by Crippen LogP contribution is -2.27. The minimum Gasteiger partial charge on any atom is -0.435 e. The van der Waals surface area contributed by atoms with Crippen molar-refractivity contribution in [2.75, 3.05) is 0 Å². The van der Waals surface area contributed by atoms with Crippen LogP contribution in [-0.4, -0.2) is 15.0 Å². The molecule has 0 aromatic heterocycles. The van der Waals surface area contributed by atoms with E-state index in [1.807, 2.05) is 0 Å². The predicted octanol–water partition coefficient (Wildman–Crippen LogP) is 4.12. The first-order chi connectivity index (χ1) is 11.2. The van der Waals surface area contributed by atoms with E-state index in [1.54, 1.807) is 6.07 Å². The highest BCUT2D eigenvalue weighted by molar-refractivity contribution is 7.89. The van der Waals surface area contributed by atoms with Gasteiger partial charge in [0.25, 0.3) is 0 Å². The number of halogens is 4. The fourth-order valence-electron chi connectivity index (χ4n) is 1.97. The van der Waals surface area contributed by atoms with Crippen LogP contribution in [0.4, 0.5) is 13.2 Å². The summed E-state index contributed by atoms with van der Waals surface area (Å²) in [5.41, 5.74) is 0.421. The first kappa shape index (κ1) is 18.6. The van der Waals surface area contributed by atoms with Gasteiger partial charge in [0.2, 0.25) is 10.0 Å². The monoisotopic (exact) mass is 379 g/mol. The van der Waals surface area contributed by atoms with Crippen molar-refractivity contribution in [3.8, 4) is 5.75 Å². The highest BCUT2D eigenvalue weighted by atomic mass is 35.5. The molecule has 0 spiro atoms. The molecule has 2 rings (SSSR count). The van der Waals surface area contributed by atoms with Crippen molar-refractivity contribution in [2.45, 2.75) is 24.5 Å². The maximum Gasteiger partial charge on any atom is 0.387 e. The molecule has 2 aromatic rings. The molecular weight excluding hydrogens is 367 g/mol. The third-order valence-electron chi connectivity index (χ3n) is 3.12. The van der Waals surface area contributed by atoms with Gasteiger partial charge in [0.1, 0.15) is 11.6 Å². The Morgan fingerprint density at radius 2 is 1.88 bits per heavy atom. The maximum atomic E-state index is 13.1. The summed E-state index contributed by atoms with van der Waals surface area (Å²) in [4.78, 5) is -0.208. The summed E-state index contributed by atoms with van der Waals surface area (Å²) in [7, 11) is -3.97. The molecule has 0 radical (unpaired) electrons. The second-order valence-corrected chi connectivity index (χ2v) is 6.99. The van der Waals surface area contributed by atoms with E-state index in [1.165, 1.54) is 25.1 Å². The molecule has 9 heteroatoms. The molecule has 1 N–H and O–H groups in total. The zero-order chi connectivity index (χ0) is 17.9. The molecule has 0 fully saturated rings. The number of alkyl halides is 2. The molecule has 1 unspecified atom stereocenters. The van der Waals surface area contributed by atoms with Gasteiger partial charge in [-0.05, 0) is 42.8 Å². The van der Waals surface area contributed by atoms with Crippen LogP contribution < -0.4 is 9.46 Å². The van der Waals surface area contributed by atoms with E-state index in [-0.39, 0.29) is 15.7 Å². The van der Waals surface area contributed by atoms with Gasteiger partial charge in [-0.3, -0.25) is 0 Å². The molecule has 0 aliphatic heterocycles. The number of sulfonamides is 1. The highest BCUT2D eigenvalue weighted by Crippen LogP contribution is 2.24. The highest BCUT2D eigenvalue weighted by Gasteiger charge is 2.20. The molecule has 24 heavy (non-hydrogen) atoms. The summed E-state index contributed by atoms with van der Waals surface area (Å²) >= 11 is 5.59. The van der Waals surface area contributed by atoms with E-state index < -0.39 is 28.5 Å². The van der Waals surface area contributed by atoms with Crippen molar-refractivity contribution in [3.05, 3.63) is 58.9 Å². The summed E-state index contributed by atoms with van der Waals surface area (Å²) in [6, 6.07) is 7.93. The van der Waals surface area contributed by atoms with E-state index >= 15 is 0 Å². The standard InChI is InChI=1S/C15H13ClF3NO3S/c1-9(10-3-2-4-11(7-10)23-15(18)19)20-24(21,22)12-5-6-14(17)13(16)8-12/h2-9,15,20H,1H3. The van der Waals surface area contributed by atoms with Crippen molar-refractivity contribution in [2.24, 2.45) is 0 Å². The Kier molecular flexibility index (Phi) is 5.74. The average Bonchev–Trinajstić information content (AvgIpc) is 2.49. The predicted molar refractivity (Wildman–Crippen MR) is 83.2 cm³/mol. The van der Waals surface area contributed by atoms with Gasteiger partial charge in [0.15, 0.2) is 0 Å². The fraction of sp³-hybridized carbons (Fsp3) is 0.200. The Morgan fingerprint density at radius 3 is 2.50 bits per heavy atom. The van der Waals surface area contributed by atoms with Gasteiger partial charge in [-0.15, -0.1) is 0 Å². The Morgan fingerprint density at radius 1 is 1.17 bits per heavy atom. The molecule has 0 aliphatic rings. The molecule has 0 amide bonds. The minimum atomic E-state index is -3.97. The summed E-state index contributed by atoms with van der Waals surface area (Å²) < 4.78 is 68.9. The summed E-state index contributed by atoms with van der Waals surface area (Å²) in [6.45, 7) is -1.45. The Balaban J connectivity index is 2.21. The van der Waals surface area contributed by atoms with Crippen LogP contribution >= 0.6 is 11.6 Å². The van der Waals surface area contributed by atoms with Crippen LogP contribution in [0, 0.1) is 5.82 Å². The van der Waals surface area contributed by atoms with E-state index in [9.17, 15) is 21.6 Å². The van der Waals surface area contributed by atoms with E-state index in [4.69, 9.17) is 11.6 Å². The fourth-order valence-corrected chi connectivity index (χ4v) is 3.48. The molecule has 0 saturated heterocycles. The van der Waals surface area contributed by atoms with Gasteiger partial charge in [-0.25, -0.2) is 17.5 Å². The zero-order valence-electron chi connectivity index (χ0n) is 12.3. The second kappa shape index (κ2) is 7.42. The molecule has 2 aromatic carbocycles. The molecule has 1 atom stereocenters. The molecule has 0 bridgehead atoms. The van der Waals surface area contributed by atoms with Crippen molar-refractivity contribution in [3.63, 3.8) is 0 Å². The topological polar surface area (TPSA) is 55.4 Å². The van der Waals surface area contributed by atoms with Gasteiger partial charge >= 0.3 is 6.61 Å². The van der Waals surface area contributed by atoms with Gasteiger partial charge < -0.3 is 4.74 Å². The Labute approximate surface area is 142 Å². The SMILES string of the molecule is CC(NS(=O)(=O)c1ccc(F)c(Cl)c1)c1cccc(OC(F)F)c1. The summed E-state index contributed by atoms with van der Waals surface area (Å²) in [5.74, 6) is -0.820. The van der Waals surface area contributed by atoms with Crippen LogP contribution in [0.3, 0.4) is 0 Å². The van der Waals surface area contributed by atoms with Gasteiger partial charge in [0.05, 0.1) is 9.92 Å². The quantitative estimate of drug-likeness (QED) is 0.821. The number of rotatable bonds is 6. The summed E-state index contributed by atoms with van der Waals surface area (Å²) in [5, 5.41) is -0.321. The minimum absolute atomic E-state index is 0.0848.